The van der Waals surface area contributed by atoms with Crippen molar-refractivity contribution in [1.82, 2.24) is 20.2 Å². The smallest absolute Gasteiger partial charge is 0.342 e. The van der Waals surface area contributed by atoms with E-state index in [4.69, 9.17) is 4.74 Å². The molecule has 3 rings (SSSR count). The van der Waals surface area contributed by atoms with Gasteiger partial charge in [0.15, 0.2) is 5.82 Å². The van der Waals surface area contributed by atoms with Gasteiger partial charge in [-0.2, -0.15) is 0 Å². The SMILES string of the molecule is Cc1nc(-c2ccccc2)nc(C(=O)N2CCNC(C)C2)c1C(=O)OCC(C)C. The maximum absolute atomic E-state index is 13.3. The van der Waals surface area contributed by atoms with Crippen LogP contribution in [0.3, 0.4) is 0 Å². The molecule has 1 amide bonds. The highest BCUT2D eigenvalue weighted by Crippen LogP contribution is 2.22. The van der Waals surface area contributed by atoms with Crippen LogP contribution in [-0.4, -0.2) is 59.0 Å². The van der Waals surface area contributed by atoms with Crippen LogP contribution in [0.2, 0.25) is 0 Å². The van der Waals surface area contributed by atoms with Crippen molar-refractivity contribution in [2.75, 3.05) is 26.2 Å². The van der Waals surface area contributed by atoms with Crippen LogP contribution in [0.4, 0.5) is 0 Å². The number of hydrogen-bond acceptors (Lipinski definition) is 6. The highest BCUT2D eigenvalue weighted by atomic mass is 16.5. The first-order valence-electron chi connectivity index (χ1n) is 10.0. The van der Waals surface area contributed by atoms with E-state index in [0.29, 0.717) is 31.2 Å². The van der Waals surface area contributed by atoms with Gasteiger partial charge in [-0.05, 0) is 19.8 Å². The number of benzene rings is 1. The third-order valence-corrected chi connectivity index (χ3v) is 4.73. The zero-order valence-corrected chi connectivity index (χ0v) is 17.4. The average Bonchev–Trinajstić information content (AvgIpc) is 2.71. The van der Waals surface area contributed by atoms with Gasteiger partial charge in [-0.1, -0.05) is 44.2 Å². The first-order chi connectivity index (χ1) is 13.9. The molecule has 0 radical (unpaired) electrons. The lowest BCUT2D eigenvalue weighted by Crippen LogP contribution is -2.51. The van der Waals surface area contributed by atoms with Crippen molar-refractivity contribution in [2.45, 2.75) is 33.7 Å². The molecule has 1 unspecified atom stereocenters. The third kappa shape index (κ3) is 4.98. The summed E-state index contributed by atoms with van der Waals surface area (Å²) in [5.41, 5.74) is 1.50. The number of hydrogen-bond donors (Lipinski definition) is 1. The lowest BCUT2D eigenvalue weighted by Gasteiger charge is -2.32. The maximum Gasteiger partial charge on any atom is 0.342 e. The Bertz CT molecular complexity index is 883. The lowest BCUT2D eigenvalue weighted by atomic mass is 10.1. The number of amides is 1. The molecule has 2 aromatic rings. The van der Waals surface area contributed by atoms with E-state index >= 15 is 0 Å². The summed E-state index contributed by atoms with van der Waals surface area (Å²) in [6.07, 6.45) is 0. The number of rotatable bonds is 5. The van der Waals surface area contributed by atoms with Crippen LogP contribution >= 0.6 is 0 Å². The molecule has 1 aliphatic rings. The lowest BCUT2D eigenvalue weighted by molar-refractivity contribution is 0.0449. The van der Waals surface area contributed by atoms with Crippen molar-refractivity contribution < 1.29 is 14.3 Å². The van der Waals surface area contributed by atoms with Crippen LogP contribution in [0.15, 0.2) is 30.3 Å². The molecule has 1 aromatic heterocycles. The summed E-state index contributed by atoms with van der Waals surface area (Å²) in [5.74, 6) is -0.202. The van der Waals surface area contributed by atoms with Gasteiger partial charge in [0.2, 0.25) is 0 Å². The standard InChI is InChI=1S/C22H28N4O3/c1-14(2)13-29-22(28)18-16(4)24-20(17-8-6-5-7-9-17)25-19(18)21(27)26-11-10-23-15(3)12-26/h5-9,14-15,23H,10-13H2,1-4H3. The molecular formula is C22H28N4O3. The molecule has 7 nitrogen and oxygen atoms in total. The Hall–Kier alpha value is -2.80. The van der Waals surface area contributed by atoms with Crippen molar-refractivity contribution >= 4 is 11.9 Å². The molecule has 29 heavy (non-hydrogen) atoms. The van der Waals surface area contributed by atoms with Gasteiger partial charge < -0.3 is 15.0 Å². The molecule has 0 aliphatic carbocycles. The molecule has 1 N–H and O–H groups in total. The number of carbonyl (C=O) groups excluding carboxylic acids is 2. The Balaban J connectivity index is 2.04. The largest absolute Gasteiger partial charge is 0.462 e. The number of aryl methyl sites for hydroxylation is 1. The van der Waals surface area contributed by atoms with Crippen LogP contribution in [0.1, 0.15) is 47.3 Å². The fourth-order valence-corrected chi connectivity index (χ4v) is 3.27. The average molecular weight is 396 g/mol. The highest BCUT2D eigenvalue weighted by molar-refractivity contribution is 6.05. The Labute approximate surface area is 171 Å². The van der Waals surface area contributed by atoms with Crippen LogP contribution in [0, 0.1) is 12.8 Å². The summed E-state index contributed by atoms with van der Waals surface area (Å²) in [6, 6.07) is 9.62. The van der Waals surface area contributed by atoms with Gasteiger partial charge in [0.05, 0.1) is 12.3 Å². The topological polar surface area (TPSA) is 84.4 Å². The first-order valence-corrected chi connectivity index (χ1v) is 10.0. The van der Waals surface area contributed by atoms with E-state index in [1.807, 2.05) is 51.1 Å². The number of aromatic nitrogens is 2. The van der Waals surface area contributed by atoms with E-state index in [-0.39, 0.29) is 35.7 Å². The van der Waals surface area contributed by atoms with Crippen LogP contribution < -0.4 is 5.32 Å². The molecule has 2 heterocycles. The van der Waals surface area contributed by atoms with Gasteiger partial charge in [0.25, 0.3) is 5.91 Å². The summed E-state index contributed by atoms with van der Waals surface area (Å²) >= 11 is 0. The number of ether oxygens (including phenoxy) is 1. The zero-order valence-electron chi connectivity index (χ0n) is 17.4. The van der Waals surface area contributed by atoms with Crippen molar-refractivity contribution in [1.29, 1.82) is 0 Å². The number of nitrogens with zero attached hydrogens (tertiary/aromatic N) is 3. The number of nitrogens with one attached hydrogen (secondary N) is 1. The van der Waals surface area contributed by atoms with Gasteiger partial charge in [0.1, 0.15) is 11.3 Å². The predicted molar refractivity (Wildman–Crippen MR) is 111 cm³/mol. The molecule has 154 valence electrons. The molecular weight excluding hydrogens is 368 g/mol. The molecule has 1 aliphatic heterocycles. The second-order valence-corrected chi connectivity index (χ2v) is 7.82. The summed E-state index contributed by atoms with van der Waals surface area (Å²) < 4.78 is 5.41. The van der Waals surface area contributed by atoms with E-state index in [1.165, 1.54) is 0 Å². The van der Waals surface area contributed by atoms with E-state index in [1.54, 1.807) is 11.8 Å². The maximum atomic E-state index is 13.3. The van der Waals surface area contributed by atoms with Crippen LogP contribution in [-0.2, 0) is 4.74 Å². The van der Waals surface area contributed by atoms with Crippen LogP contribution in [0.25, 0.3) is 11.4 Å². The monoisotopic (exact) mass is 396 g/mol. The minimum absolute atomic E-state index is 0.110. The summed E-state index contributed by atoms with van der Waals surface area (Å²) in [4.78, 5) is 36.9. The van der Waals surface area contributed by atoms with Gasteiger partial charge in [-0.25, -0.2) is 14.8 Å². The second kappa shape index (κ2) is 9.13. The number of esters is 1. The third-order valence-electron chi connectivity index (χ3n) is 4.73. The molecule has 0 bridgehead atoms. The zero-order chi connectivity index (χ0) is 21.0. The summed E-state index contributed by atoms with van der Waals surface area (Å²) in [5, 5.41) is 3.32. The van der Waals surface area contributed by atoms with E-state index in [9.17, 15) is 9.59 Å². The van der Waals surface area contributed by atoms with Gasteiger partial charge in [0, 0.05) is 31.2 Å². The quantitative estimate of drug-likeness (QED) is 0.783. The van der Waals surface area contributed by atoms with Gasteiger partial charge in [-0.15, -0.1) is 0 Å². The molecule has 0 saturated carbocycles. The second-order valence-electron chi connectivity index (χ2n) is 7.82. The molecule has 1 fully saturated rings. The van der Waals surface area contributed by atoms with Gasteiger partial charge >= 0.3 is 5.97 Å². The molecule has 1 atom stereocenters. The number of carbonyl (C=O) groups is 2. The Morgan fingerprint density at radius 2 is 1.97 bits per heavy atom. The van der Waals surface area contributed by atoms with E-state index in [0.717, 1.165) is 5.56 Å². The Kier molecular flexibility index (Phi) is 6.59. The fraction of sp³-hybridized carbons (Fsp3) is 0.455. The molecule has 7 heteroatoms. The van der Waals surface area contributed by atoms with Crippen molar-refractivity contribution in [2.24, 2.45) is 5.92 Å². The van der Waals surface area contributed by atoms with Crippen molar-refractivity contribution in [3.63, 3.8) is 0 Å². The summed E-state index contributed by atoms with van der Waals surface area (Å²) in [7, 11) is 0. The minimum Gasteiger partial charge on any atom is -0.462 e. The van der Waals surface area contributed by atoms with E-state index < -0.39 is 5.97 Å². The molecule has 1 saturated heterocycles. The van der Waals surface area contributed by atoms with Gasteiger partial charge in [-0.3, -0.25) is 4.79 Å². The van der Waals surface area contributed by atoms with Crippen LogP contribution in [0.5, 0.6) is 0 Å². The van der Waals surface area contributed by atoms with Crippen molar-refractivity contribution in [3.05, 3.63) is 47.3 Å². The Morgan fingerprint density at radius 1 is 1.24 bits per heavy atom. The molecule has 1 aromatic carbocycles. The minimum atomic E-state index is -0.553. The summed E-state index contributed by atoms with van der Waals surface area (Å²) in [6.45, 7) is 9.77. The van der Waals surface area contributed by atoms with E-state index in [2.05, 4.69) is 15.3 Å². The predicted octanol–water partition coefficient (Wildman–Crippen LogP) is 2.70. The normalized spacial score (nSPS) is 16.7. The fourth-order valence-electron chi connectivity index (χ4n) is 3.27. The highest BCUT2D eigenvalue weighted by Gasteiger charge is 2.30. The van der Waals surface area contributed by atoms with Crippen molar-refractivity contribution in [3.8, 4) is 11.4 Å². The Morgan fingerprint density at radius 3 is 2.62 bits per heavy atom. The molecule has 0 spiro atoms. The first kappa shape index (κ1) is 20.9. The number of piperazine rings is 1.